The van der Waals surface area contributed by atoms with E-state index in [0.717, 1.165) is 17.6 Å². The van der Waals surface area contributed by atoms with Gasteiger partial charge in [0, 0.05) is 7.11 Å². The molecule has 0 fully saturated rings. The number of likely N-dealkylation sites (N-methyl/N-ethyl adjacent to an activating group) is 1. The quantitative estimate of drug-likeness (QED) is 0.281. The molecule has 0 atom stereocenters. The van der Waals surface area contributed by atoms with Crippen LogP contribution in [0.25, 0.3) is 0 Å². The highest BCUT2D eigenvalue weighted by Gasteiger charge is 2.20. The maximum Gasteiger partial charge on any atom is 0.673 e. The summed E-state index contributed by atoms with van der Waals surface area (Å²) in [7, 11) is -4.30. The number of hydrogen-bond donors (Lipinski definition) is 0. The maximum atomic E-state index is 9.75. The van der Waals surface area contributed by atoms with Crippen molar-refractivity contribution >= 4 is 7.25 Å². The number of methoxy groups -OCH3 is 1. The first-order valence-corrected chi connectivity index (χ1v) is 6.53. The van der Waals surface area contributed by atoms with Gasteiger partial charge < -0.3 is 31.2 Å². The number of nitrogens with zero attached hydrogens (tertiary/aromatic N) is 1. The van der Waals surface area contributed by atoms with Gasteiger partial charge in [-0.25, -0.2) is 0 Å². The minimum absolute atomic E-state index is 0.699. The van der Waals surface area contributed by atoms with Crippen molar-refractivity contribution in [3.8, 4) is 0 Å². The van der Waals surface area contributed by atoms with Gasteiger partial charge in [-0.15, -0.1) is 0 Å². The summed E-state index contributed by atoms with van der Waals surface area (Å²) in [5.41, 5.74) is 0. The first-order valence-electron chi connectivity index (χ1n) is 6.53. The topological polar surface area (TPSA) is 18.5 Å². The molecule has 0 aromatic heterocycles. The van der Waals surface area contributed by atoms with E-state index in [-0.39, 0.29) is 0 Å². The molecule has 0 aliphatic rings. The third kappa shape index (κ3) is 15.6. The van der Waals surface area contributed by atoms with Crippen molar-refractivity contribution in [2.75, 3.05) is 53.1 Å². The molecule has 0 N–H and O–H groups in total. The highest BCUT2D eigenvalue weighted by molar-refractivity contribution is 6.50. The van der Waals surface area contributed by atoms with Crippen LogP contribution in [0.15, 0.2) is 0 Å². The van der Waals surface area contributed by atoms with E-state index in [4.69, 9.17) is 9.47 Å². The lowest BCUT2D eigenvalue weighted by atomic mass is 10.3. The van der Waals surface area contributed by atoms with Gasteiger partial charge in [0.05, 0.1) is 39.5 Å². The van der Waals surface area contributed by atoms with Gasteiger partial charge in [-0.3, -0.25) is 0 Å². The molecule has 0 amide bonds. The van der Waals surface area contributed by atoms with E-state index in [1.807, 2.05) is 0 Å². The average Bonchev–Trinajstić information content (AvgIpc) is 2.33. The SMILES string of the molecule is CC[N+](CC)(CC)CCOCCOC.F[B-](F)(F)F. The molecule has 0 aliphatic heterocycles. The minimum Gasteiger partial charge on any atom is -0.418 e. The Kier molecular flexibility index (Phi) is 12.7. The number of halogens is 4. The Hall–Kier alpha value is -0.335. The average molecular weight is 291 g/mol. The molecule has 3 nitrogen and oxygen atoms in total. The second-order valence-electron chi connectivity index (χ2n) is 4.11. The van der Waals surface area contributed by atoms with Gasteiger partial charge in [-0.2, -0.15) is 0 Å². The van der Waals surface area contributed by atoms with Crippen molar-refractivity contribution in [3.63, 3.8) is 0 Å². The fourth-order valence-electron chi connectivity index (χ4n) is 1.65. The molecule has 0 aliphatic carbocycles. The molecular formula is C11H26BF4NO2. The molecular weight excluding hydrogens is 265 g/mol. The van der Waals surface area contributed by atoms with Crippen molar-refractivity contribution < 1.29 is 31.2 Å². The van der Waals surface area contributed by atoms with E-state index >= 15 is 0 Å². The van der Waals surface area contributed by atoms with Crippen LogP contribution in [0, 0.1) is 0 Å². The molecule has 0 aromatic carbocycles. The third-order valence-corrected chi connectivity index (χ3v) is 3.15. The highest BCUT2D eigenvalue weighted by atomic mass is 19.5. The Morgan fingerprint density at radius 3 is 1.58 bits per heavy atom. The van der Waals surface area contributed by atoms with E-state index in [0.29, 0.717) is 13.2 Å². The predicted molar refractivity (Wildman–Crippen MR) is 69.6 cm³/mol. The van der Waals surface area contributed by atoms with Crippen LogP contribution in [0.5, 0.6) is 0 Å². The Bertz CT molecular complexity index is 187. The van der Waals surface area contributed by atoms with Gasteiger partial charge in [-0.1, -0.05) is 0 Å². The largest absolute Gasteiger partial charge is 0.673 e. The Morgan fingerprint density at radius 2 is 1.26 bits per heavy atom. The molecule has 0 bridgehead atoms. The lowest BCUT2D eigenvalue weighted by molar-refractivity contribution is -0.923. The zero-order valence-corrected chi connectivity index (χ0v) is 12.3. The smallest absolute Gasteiger partial charge is 0.418 e. The summed E-state index contributed by atoms with van der Waals surface area (Å²) >= 11 is 0. The lowest BCUT2D eigenvalue weighted by Crippen LogP contribution is -2.49. The maximum absolute atomic E-state index is 9.75. The van der Waals surface area contributed by atoms with Crippen LogP contribution in [0.2, 0.25) is 0 Å². The van der Waals surface area contributed by atoms with Crippen molar-refractivity contribution in [2.24, 2.45) is 0 Å². The van der Waals surface area contributed by atoms with Gasteiger partial charge in [-0.05, 0) is 20.8 Å². The fourth-order valence-corrected chi connectivity index (χ4v) is 1.65. The van der Waals surface area contributed by atoms with Gasteiger partial charge in [0.2, 0.25) is 0 Å². The molecule has 19 heavy (non-hydrogen) atoms. The predicted octanol–water partition coefficient (Wildman–Crippen LogP) is 2.83. The Morgan fingerprint density at radius 1 is 0.842 bits per heavy atom. The van der Waals surface area contributed by atoms with Gasteiger partial charge in [0.25, 0.3) is 0 Å². The summed E-state index contributed by atoms with van der Waals surface area (Å²) < 4.78 is 50.6. The van der Waals surface area contributed by atoms with Crippen LogP contribution in [-0.2, 0) is 9.47 Å². The summed E-state index contributed by atoms with van der Waals surface area (Å²) in [6.07, 6.45) is 0. The van der Waals surface area contributed by atoms with Crippen LogP contribution in [0.3, 0.4) is 0 Å². The van der Waals surface area contributed by atoms with Crippen molar-refractivity contribution in [1.82, 2.24) is 0 Å². The van der Waals surface area contributed by atoms with Gasteiger partial charge >= 0.3 is 7.25 Å². The molecule has 0 saturated carbocycles. The standard InChI is InChI=1S/C11H26NO2.BF4/c1-5-12(6-2,7-3)8-9-14-11-10-13-4;2-1(3,4)5/h5-11H2,1-4H3;/q+1;-1. The molecule has 118 valence electrons. The number of rotatable bonds is 9. The highest BCUT2D eigenvalue weighted by Crippen LogP contribution is 2.06. The van der Waals surface area contributed by atoms with Crippen molar-refractivity contribution in [1.29, 1.82) is 0 Å². The summed E-state index contributed by atoms with van der Waals surface area (Å²) in [4.78, 5) is 0. The van der Waals surface area contributed by atoms with Crippen molar-refractivity contribution in [2.45, 2.75) is 20.8 Å². The first-order chi connectivity index (χ1) is 8.74. The zero-order valence-electron chi connectivity index (χ0n) is 12.3. The molecule has 0 heterocycles. The number of quaternary nitrogens is 1. The van der Waals surface area contributed by atoms with Crippen LogP contribution >= 0.6 is 0 Å². The van der Waals surface area contributed by atoms with Crippen LogP contribution < -0.4 is 0 Å². The van der Waals surface area contributed by atoms with Crippen LogP contribution in [-0.4, -0.2) is 64.8 Å². The second-order valence-corrected chi connectivity index (χ2v) is 4.11. The molecule has 8 heteroatoms. The minimum atomic E-state index is -6.00. The normalized spacial score (nSPS) is 12.0. The number of hydrogen-bond acceptors (Lipinski definition) is 2. The van der Waals surface area contributed by atoms with Gasteiger partial charge in [0.15, 0.2) is 0 Å². The molecule has 0 aromatic rings. The van der Waals surface area contributed by atoms with E-state index < -0.39 is 7.25 Å². The third-order valence-electron chi connectivity index (χ3n) is 3.15. The Balaban J connectivity index is 0. The molecule has 0 unspecified atom stereocenters. The molecule has 0 rings (SSSR count). The lowest BCUT2D eigenvalue weighted by Gasteiger charge is -2.35. The van der Waals surface area contributed by atoms with Crippen LogP contribution in [0.1, 0.15) is 20.8 Å². The van der Waals surface area contributed by atoms with Gasteiger partial charge in [0.1, 0.15) is 6.54 Å². The van der Waals surface area contributed by atoms with E-state index in [9.17, 15) is 17.3 Å². The summed E-state index contributed by atoms with van der Waals surface area (Å²) in [6, 6.07) is 0. The van der Waals surface area contributed by atoms with E-state index in [1.165, 1.54) is 19.6 Å². The van der Waals surface area contributed by atoms with E-state index in [2.05, 4.69) is 20.8 Å². The second kappa shape index (κ2) is 11.5. The first kappa shape index (κ1) is 21.0. The summed E-state index contributed by atoms with van der Waals surface area (Å²) in [5.74, 6) is 0. The fraction of sp³-hybridized carbons (Fsp3) is 1.00. The molecule has 0 saturated heterocycles. The van der Waals surface area contributed by atoms with E-state index in [1.54, 1.807) is 7.11 Å². The summed E-state index contributed by atoms with van der Waals surface area (Å²) in [5, 5.41) is 0. The van der Waals surface area contributed by atoms with Crippen LogP contribution in [0.4, 0.5) is 17.3 Å². The summed E-state index contributed by atoms with van der Waals surface area (Å²) in [6.45, 7) is 13.7. The number of ether oxygens (including phenoxy) is 2. The monoisotopic (exact) mass is 291 g/mol. The molecule has 0 spiro atoms. The zero-order chi connectivity index (χ0) is 15.4. The molecule has 0 radical (unpaired) electrons. The van der Waals surface area contributed by atoms with Crippen molar-refractivity contribution in [3.05, 3.63) is 0 Å². The Labute approximate surface area is 113 Å².